The summed E-state index contributed by atoms with van der Waals surface area (Å²) in [5, 5.41) is 21.6. The number of hydrogen-bond donors (Lipinski definition) is 2. The average Bonchev–Trinajstić information content (AvgIpc) is 2.71. The van der Waals surface area contributed by atoms with Gasteiger partial charge in [0.2, 0.25) is 0 Å². The van der Waals surface area contributed by atoms with Crippen LogP contribution in [0.4, 0.5) is 0 Å². The average molecular weight is 337 g/mol. The standard InChI is InChI=1S/C15H13BrO4/c1-5(2)8-7-4-6(3)11(16)14-9(7)10(15(19)20-14)13(18)12(8)17/h4-5,17-18H,1-3H3. The molecule has 0 saturated heterocycles. The molecule has 1 aliphatic rings. The van der Waals surface area contributed by atoms with Gasteiger partial charge in [-0.15, -0.1) is 0 Å². The lowest BCUT2D eigenvalue weighted by Gasteiger charge is -2.15. The summed E-state index contributed by atoms with van der Waals surface area (Å²) < 4.78 is 5.94. The van der Waals surface area contributed by atoms with Gasteiger partial charge in [-0.05, 0) is 45.8 Å². The topological polar surface area (TPSA) is 66.8 Å². The first-order valence-corrected chi connectivity index (χ1v) is 7.06. The summed E-state index contributed by atoms with van der Waals surface area (Å²) in [4.78, 5) is 11.9. The summed E-state index contributed by atoms with van der Waals surface area (Å²) >= 11 is 3.41. The van der Waals surface area contributed by atoms with E-state index in [1.54, 1.807) is 0 Å². The highest BCUT2D eigenvalue weighted by Gasteiger charge is 2.34. The van der Waals surface area contributed by atoms with Gasteiger partial charge in [0.25, 0.3) is 0 Å². The van der Waals surface area contributed by atoms with Crippen molar-refractivity contribution in [2.24, 2.45) is 0 Å². The van der Waals surface area contributed by atoms with Crippen molar-refractivity contribution in [3.05, 3.63) is 27.2 Å². The highest BCUT2D eigenvalue weighted by atomic mass is 79.9. The maximum atomic E-state index is 11.9. The van der Waals surface area contributed by atoms with Crippen molar-refractivity contribution in [2.45, 2.75) is 26.7 Å². The molecule has 2 aromatic rings. The largest absolute Gasteiger partial charge is 0.504 e. The Morgan fingerprint density at radius 1 is 1.25 bits per heavy atom. The molecule has 1 aliphatic heterocycles. The van der Waals surface area contributed by atoms with E-state index in [1.807, 2.05) is 26.8 Å². The van der Waals surface area contributed by atoms with Crippen LogP contribution in [0.15, 0.2) is 10.5 Å². The summed E-state index contributed by atoms with van der Waals surface area (Å²) in [6.07, 6.45) is 0. The van der Waals surface area contributed by atoms with Crippen molar-refractivity contribution in [3.63, 3.8) is 0 Å². The van der Waals surface area contributed by atoms with Gasteiger partial charge in [0.1, 0.15) is 5.56 Å². The summed E-state index contributed by atoms with van der Waals surface area (Å²) in [6, 6.07) is 1.89. The fourth-order valence-corrected chi connectivity index (χ4v) is 3.13. The smallest absolute Gasteiger partial charge is 0.348 e. The fourth-order valence-electron chi connectivity index (χ4n) is 2.74. The number of benzene rings is 2. The van der Waals surface area contributed by atoms with E-state index >= 15 is 0 Å². The zero-order chi connectivity index (χ0) is 14.8. The van der Waals surface area contributed by atoms with E-state index in [0.717, 1.165) is 10.9 Å². The SMILES string of the molecule is Cc1cc2c(C(C)C)c(O)c(O)c3c2c(c1Br)OC3=O. The lowest BCUT2D eigenvalue weighted by atomic mass is 9.90. The second kappa shape index (κ2) is 4.12. The highest BCUT2D eigenvalue weighted by Crippen LogP contribution is 2.52. The minimum atomic E-state index is -0.639. The van der Waals surface area contributed by atoms with Crippen LogP contribution in [-0.2, 0) is 0 Å². The molecule has 0 saturated carbocycles. The number of hydrogen-bond acceptors (Lipinski definition) is 4. The van der Waals surface area contributed by atoms with E-state index in [2.05, 4.69) is 15.9 Å². The Labute approximate surface area is 124 Å². The van der Waals surface area contributed by atoms with E-state index in [4.69, 9.17) is 4.74 Å². The number of ether oxygens (including phenoxy) is 1. The van der Waals surface area contributed by atoms with Gasteiger partial charge in [0, 0.05) is 10.9 Å². The molecule has 0 spiro atoms. The van der Waals surface area contributed by atoms with Crippen LogP contribution in [0.1, 0.15) is 41.3 Å². The van der Waals surface area contributed by atoms with Gasteiger partial charge < -0.3 is 14.9 Å². The molecule has 0 atom stereocenters. The molecule has 0 amide bonds. The first kappa shape index (κ1) is 13.2. The van der Waals surface area contributed by atoms with Crippen LogP contribution < -0.4 is 4.74 Å². The van der Waals surface area contributed by atoms with Gasteiger partial charge in [-0.1, -0.05) is 13.8 Å². The number of rotatable bonds is 1. The molecule has 0 bridgehead atoms. The van der Waals surface area contributed by atoms with Crippen LogP contribution in [-0.4, -0.2) is 16.2 Å². The zero-order valence-corrected chi connectivity index (χ0v) is 12.8. The second-order valence-corrected chi connectivity index (χ2v) is 6.08. The minimum absolute atomic E-state index is 0.000854. The van der Waals surface area contributed by atoms with Gasteiger partial charge in [-0.25, -0.2) is 4.79 Å². The summed E-state index contributed by atoms with van der Waals surface area (Å²) in [7, 11) is 0. The van der Waals surface area contributed by atoms with Crippen LogP contribution in [0.3, 0.4) is 0 Å². The lowest BCUT2D eigenvalue weighted by Crippen LogP contribution is -2.02. The number of phenols is 2. The second-order valence-electron chi connectivity index (χ2n) is 5.29. The van der Waals surface area contributed by atoms with E-state index in [-0.39, 0.29) is 17.2 Å². The number of esters is 1. The molecule has 0 aromatic heterocycles. The van der Waals surface area contributed by atoms with Crippen molar-refractivity contribution in [1.29, 1.82) is 0 Å². The maximum Gasteiger partial charge on any atom is 0.348 e. The number of halogens is 1. The number of carbonyl (C=O) groups excluding carboxylic acids is 1. The Morgan fingerprint density at radius 2 is 1.90 bits per heavy atom. The Hall–Kier alpha value is -1.75. The van der Waals surface area contributed by atoms with Crippen molar-refractivity contribution < 1.29 is 19.7 Å². The van der Waals surface area contributed by atoms with Gasteiger partial charge in [-0.2, -0.15) is 0 Å². The minimum Gasteiger partial charge on any atom is -0.504 e. The van der Waals surface area contributed by atoms with Crippen LogP contribution in [0.2, 0.25) is 0 Å². The molecule has 2 N–H and O–H groups in total. The number of aryl methyl sites for hydroxylation is 1. The zero-order valence-electron chi connectivity index (χ0n) is 11.2. The molecule has 1 heterocycles. The summed E-state index contributed by atoms with van der Waals surface area (Å²) in [6.45, 7) is 5.73. The Bertz CT molecular complexity index is 778. The molecular weight excluding hydrogens is 324 g/mol. The Kier molecular flexibility index (Phi) is 2.73. The van der Waals surface area contributed by atoms with Crippen molar-refractivity contribution in [1.82, 2.24) is 0 Å². The predicted molar refractivity (Wildman–Crippen MR) is 78.8 cm³/mol. The third kappa shape index (κ3) is 1.50. The molecule has 0 unspecified atom stereocenters. The van der Waals surface area contributed by atoms with Gasteiger partial charge in [-0.3, -0.25) is 0 Å². The van der Waals surface area contributed by atoms with Crippen LogP contribution in [0.25, 0.3) is 10.8 Å². The maximum absolute atomic E-state index is 11.9. The first-order valence-electron chi connectivity index (χ1n) is 6.27. The molecule has 0 radical (unpaired) electrons. The van der Waals surface area contributed by atoms with Crippen molar-refractivity contribution in [3.8, 4) is 17.2 Å². The molecule has 0 aliphatic carbocycles. The van der Waals surface area contributed by atoms with Gasteiger partial charge in [0.05, 0.1) is 4.47 Å². The van der Waals surface area contributed by atoms with Gasteiger partial charge >= 0.3 is 5.97 Å². The summed E-state index contributed by atoms with van der Waals surface area (Å²) in [5.41, 5.74) is 1.56. The Morgan fingerprint density at radius 3 is 2.50 bits per heavy atom. The highest BCUT2D eigenvalue weighted by molar-refractivity contribution is 9.10. The van der Waals surface area contributed by atoms with Crippen LogP contribution in [0, 0.1) is 6.92 Å². The third-order valence-corrected chi connectivity index (χ3v) is 4.62. The van der Waals surface area contributed by atoms with E-state index in [0.29, 0.717) is 21.2 Å². The first-order chi connectivity index (χ1) is 9.34. The fraction of sp³-hybridized carbons (Fsp3) is 0.267. The van der Waals surface area contributed by atoms with E-state index in [9.17, 15) is 15.0 Å². The lowest BCUT2D eigenvalue weighted by molar-refractivity contribution is 0.0750. The molecular formula is C15H13BrO4. The molecule has 20 heavy (non-hydrogen) atoms. The van der Waals surface area contributed by atoms with Gasteiger partial charge in [0.15, 0.2) is 17.2 Å². The molecule has 104 valence electrons. The van der Waals surface area contributed by atoms with Crippen molar-refractivity contribution in [2.75, 3.05) is 0 Å². The van der Waals surface area contributed by atoms with E-state index in [1.165, 1.54) is 0 Å². The van der Waals surface area contributed by atoms with Crippen LogP contribution in [0.5, 0.6) is 17.2 Å². The normalized spacial score (nSPS) is 13.3. The number of phenolic OH excluding ortho intramolecular Hbond substituents is 2. The molecule has 5 heteroatoms. The predicted octanol–water partition coefficient (Wildman–Crippen LogP) is 3.98. The number of aromatic hydroxyl groups is 2. The Balaban J connectivity index is 2.62. The van der Waals surface area contributed by atoms with E-state index < -0.39 is 11.7 Å². The molecule has 2 aromatic carbocycles. The molecule has 4 nitrogen and oxygen atoms in total. The quantitative estimate of drug-likeness (QED) is 0.469. The molecule has 0 fully saturated rings. The monoisotopic (exact) mass is 336 g/mol. The third-order valence-electron chi connectivity index (χ3n) is 3.64. The summed E-state index contributed by atoms with van der Waals surface area (Å²) in [5.74, 6) is -0.870. The van der Waals surface area contributed by atoms with Crippen molar-refractivity contribution >= 4 is 32.7 Å². The number of carbonyl (C=O) groups is 1. The molecule has 3 rings (SSSR count). The van der Waals surface area contributed by atoms with Crippen LogP contribution >= 0.6 is 15.9 Å².